The van der Waals surface area contributed by atoms with Crippen LogP contribution in [0.5, 0.6) is 0 Å². The highest BCUT2D eigenvalue weighted by atomic mass is 35.5. The van der Waals surface area contributed by atoms with Crippen molar-refractivity contribution >= 4 is 17.5 Å². The normalized spacial score (nSPS) is 17.2. The van der Waals surface area contributed by atoms with E-state index in [4.69, 9.17) is 11.6 Å². The van der Waals surface area contributed by atoms with E-state index in [1.165, 1.54) is 6.08 Å². The number of carbonyl (C=O) groups is 1. The van der Waals surface area contributed by atoms with E-state index >= 15 is 0 Å². The zero-order chi connectivity index (χ0) is 13.7. The van der Waals surface area contributed by atoms with Crippen molar-refractivity contribution in [3.05, 3.63) is 54.4 Å². The zero-order valence-corrected chi connectivity index (χ0v) is 11.3. The number of rotatable bonds is 1. The van der Waals surface area contributed by atoms with Crippen molar-refractivity contribution in [3.8, 4) is 0 Å². The molecule has 18 heavy (non-hydrogen) atoms. The van der Waals surface area contributed by atoms with Crippen LogP contribution in [0.1, 0.15) is 24.2 Å². The Bertz CT molecular complexity index is 459. The largest absolute Gasteiger partial charge is 0.332 e. The Morgan fingerprint density at radius 3 is 2.83 bits per heavy atom. The predicted molar refractivity (Wildman–Crippen MR) is 74.5 cm³/mol. The van der Waals surface area contributed by atoms with Gasteiger partial charge in [0.25, 0.3) is 0 Å². The van der Waals surface area contributed by atoms with Gasteiger partial charge in [-0.2, -0.15) is 0 Å². The van der Waals surface area contributed by atoms with E-state index in [2.05, 4.69) is 24.7 Å². The van der Waals surface area contributed by atoms with Crippen LogP contribution >= 0.6 is 11.6 Å². The number of carbonyl (C=O) groups excluding carboxylic acids is 1. The average Bonchev–Trinajstić information content (AvgIpc) is 2.40. The molecule has 0 saturated carbocycles. The van der Waals surface area contributed by atoms with Crippen molar-refractivity contribution < 1.29 is 4.79 Å². The first-order chi connectivity index (χ1) is 8.63. The number of hydrogen-bond acceptors (Lipinski definition) is 2. The van der Waals surface area contributed by atoms with Crippen molar-refractivity contribution in [1.29, 1.82) is 0 Å². The summed E-state index contributed by atoms with van der Waals surface area (Å²) in [6.07, 6.45) is 2.10. The molecule has 0 bridgehead atoms. The third kappa shape index (κ3) is 2.79. The van der Waals surface area contributed by atoms with Gasteiger partial charge in [-0.1, -0.05) is 24.2 Å². The second kappa shape index (κ2) is 6.36. The zero-order valence-electron chi connectivity index (χ0n) is 10.5. The molecule has 1 amide bonds. The predicted octanol–water partition coefficient (Wildman–Crippen LogP) is 3.17. The number of hydrogen-bond donors (Lipinski definition) is 0. The molecule has 0 radical (unpaired) electrons. The maximum atomic E-state index is 11.6. The lowest BCUT2D eigenvalue weighted by Gasteiger charge is -2.33. The van der Waals surface area contributed by atoms with Gasteiger partial charge in [-0.05, 0) is 24.6 Å². The maximum Gasteiger partial charge on any atom is 0.246 e. The molecule has 1 aromatic heterocycles. The second-order valence-electron chi connectivity index (χ2n) is 3.83. The van der Waals surface area contributed by atoms with Gasteiger partial charge in [0.05, 0.1) is 6.04 Å². The van der Waals surface area contributed by atoms with Crippen LogP contribution in [0.25, 0.3) is 0 Å². The molecule has 0 aliphatic carbocycles. The van der Waals surface area contributed by atoms with E-state index in [9.17, 15) is 4.79 Å². The van der Waals surface area contributed by atoms with Gasteiger partial charge in [-0.3, -0.25) is 4.79 Å². The number of halogens is 1. The van der Waals surface area contributed by atoms with Gasteiger partial charge in [-0.15, -0.1) is 13.2 Å². The molecule has 0 aromatic carbocycles. The van der Waals surface area contributed by atoms with Crippen LogP contribution in [-0.4, -0.2) is 22.3 Å². The second-order valence-corrected chi connectivity index (χ2v) is 4.22. The molecule has 0 spiro atoms. The lowest BCUT2D eigenvalue weighted by molar-refractivity contribution is -0.128. The first-order valence-corrected chi connectivity index (χ1v) is 6.09. The molecule has 4 heteroatoms. The standard InChI is InChI=1S/C12H13ClN2O.C2H4/c1-3-12(16)15-7-6-10-9(8(15)2)4-5-11(13)14-10;1-2/h3-5,8H,1,6-7H2,2H3;1-2H2. The monoisotopic (exact) mass is 264 g/mol. The SMILES string of the molecule is C=C.C=CC(=O)N1CCc2nc(Cl)ccc2C1C. The van der Waals surface area contributed by atoms with Crippen molar-refractivity contribution in [2.24, 2.45) is 0 Å². The summed E-state index contributed by atoms with van der Waals surface area (Å²) in [5.41, 5.74) is 2.07. The van der Waals surface area contributed by atoms with E-state index < -0.39 is 0 Å². The van der Waals surface area contributed by atoms with Crippen LogP contribution in [0.2, 0.25) is 5.15 Å². The molecule has 1 aliphatic rings. The third-order valence-corrected chi connectivity index (χ3v) is 3.15. The highest BCUT2D eigenvalue weighted by molar-refractivity contribution is 6.29. The van der Waals surface area contributed by atoms with Crippen LogP contribution in [0.4, 0.5) is 0 Å². The molecule has 2 heterocycles. The summed E-state index contributed by atoms with van der Waals surface area (Å²) in [6.45, 7) is 12.2. The molecular formula is C14H17ClN2O. The summed E-state index contributed by atoms with van der Waals surface area (Å²) < 4.78 is 0. The maximum absolute atomic E-state index is 11.6. The van der Waals surface area contributed by atoms with E-state index in [-0.39, 0.29) is 11.9 Å². The number of aromatic nitrogens is 1. The lowest BCUT2D eigenvalue weighted by Crippen LogP contribution is -2.38. The van der Waals surface area contributed by atoms with Crippen molar-refractivity contribution in [2.45, 2.75) is 19.4 Å². The van der Waals surface area contributed by atoms with Gasteiger partial charge in [0.2, 0.25) is 5.91 Å². The molecular weight excluding hydrogens is 248 g/mol. The molecule has 0 N–H and O–H groups in total. The fourth-order valence-electron chi connectivity index (χ4n) is 2.07. The van der Waals surface area contributed by atoms with Crippen LogP contribution in [0.3, 0.4) is 0 Å². The number of nitrogens with zero attached hydrogens (tertiary/aromatic N) is 2. The molecule has 0 saturated heterocycles. The highest BCUT2D eigenvalue weighted by Gasteiger charge is 2.26. The van der Waals surface area contributed by atoms with E-state index in [0.717, 1.165) is 17.7 Å². The summed E-state index contributed by atoms with van der Waals surface area (Å²) in [5, 5.41) is 0.509. The van der Waals surface area contributed by atoms with Gasteiger partial charge in [-0.25, -0.2) is 4.98 Å². The molecule has 1 aliphatic heterocycles. The fourth-order valence-corrected chi connectivity index (χ4v) is 2.24. The Kier molecular flexibility index (Phi) is 5.10. The number of pyridine rings is 1. The fraction of sp³-hybridized carbons (Fsp3) is 0.286. The minimum Gasteiger partial charge on any atom is -0.332 e. The Morgan fingerprint density at radius 1 is 1.56 bits per heavy atom. The van der Waals surface area contributed by atoms with Gasteiger partial charge >= 0.3 is 0 Å². The average molecular weight is 265 g/mol. The van der Waals surface area contributed by atoms with Crippen molar-refractivity contribution in [1.82, 2.24) is 9.88 Å². The summed E-state index contributed by atoms with van der Waals surface area (Å²) in [6, 6.07) is 3.75. The molecule has 1 aromatic rings. The van der Waals surface area contributed by atoms with E-state index in [0.29, 0.717) is 11.7 Å². The van der Waals surface area contributed by atoms with Gasteiger partial charge in [0.1, 0.15) is 5.15 Å². The Balaban J connectivity index is 0.000000771. The van der Waals surface area contributed by atoms with Gasteiger partial charge in [0.15, 0.2) is 0 Å². The Hall–Kier alpha value is -1.61. The van der Waals surface area contributed by atoms with Gasteiger partial charge < -0.3 is 4.90 Å². The first-order valence-electron chi connectivity index (χ1n) is 5.72. The summed E-state index contributed by atoms with van der Waals surface area (Å²) in [5.74, 6) is -0.0342. The quantitative estimate of drug-likeness (QED) is 0.443. The number of fused-ring (bicyclic) bond motifs is 1. The highest BCUT2D eigenvalue weighted by Crippen LogP contribution is 2.29. The minimum absolute atomic E-state index is 0.0342. The lowest BCUT2D eigenvalue weighted by atomic mass is 9.98. The van der Waals surface area contributed by atoms with Crippen LogP contribution in [0, 0.1) is 0 Å². The van der Waals surface area contributed by atoms with Crippen molar-refractivity contribution in [3.63, 3.8) is 0 Å². The molecule has 0 fully saturated rings. The number of amides is 1. The van der Waals surface area contributed by atoms with Crippen molar-refractivity contribution in [2.75, 3.05) is 6.54 Å². The summed E-state index contributed by atoms with van der Waals surface area (Å²) >= 11 is 5.84. The van der Waals surface area contributed by atoms with E-state index in [1.54, 1.807) is 11.0 Å². The third-order valence-electron chi connectivity index (χ3n) is 2.94. The van der Waals surface area contributed by atoms with Crippen LogP contribution in [0.15, 0.2) is 37.9 Å². The molecule has 1 unspecified atom stereocenters. The van der Waals surface area contributed by atoms with Crippen LogP contribution in [-0.2, 0) is 11.2 Å². The van der Waals surface area contributed by atoms with Crippen LogP contribution < -0.4 is 0 Å². The first kappa shape index (κ1) is 14.5. The molecule has 1 atom stereocenters. The summed E-state index contributed by atoms with van der Waals surface area (Å²) in [7, 11) is 0. The smallest absolute Gasteiger partial charge is 0.246 e. The Morgan fingerprint density at radius 2 is 2.22 bits per heavy atom. The summed E-state index contributed by atoms with van der Waals surface area (Å²) in [4.78, 5) is 17.7. The van der Waals surface area contributed by atoms with E-state index in [1.807, 2.05) is 13.0 Å². The topological polar surface area (TPSA) is 33.2 Å². The Labute approximate surface area is 113 Å². The molecule has 2 rings (SSSR count). The molecule has 96 valence electrons. The molecule has 3 nitrogen and oxygen atoms in total. The minimum atomic E-state index is -0.0342. The van der Waals surface area contributed by atoms with Gasteiger partial charge in [0, 0.05) is 18.7 Å².